The van der Waals surface area contributed by atoms with E-state index in [4.69, 9.17) is 15.2 Å². The first-order valence-corrected chi connectivity index (χ1v) is 6.88. The van der Waals surface area contributed by atoms with Gasteiger partial charge in [0.2, 0.25) is 11.8 Å². The molecular weight excluding hydrogens is 282 g/mol. The molecule has 0 bridgehead atoms. The van der Waals surface area contributed by atoms with Gasteiger partial charge in [-0.15, -0.1) is 0 Å². The molecule has 1 amide bonds. The number of carbonyl (C=O) groups excluding carboxylic acids is 1. The molecular formula is C16H19N3O3. The summed E-state index contributed by atoms with van der Waals surface area (Å²) in [5, 5.41) is 2.74. The Morgan fingerprint density at radius 3 is 2.59 bits per heavy atom. The lowest BCUT2D eigenvalue weighted by molar-refractivity contribution is -0.122. The standard InChI is InChI=1S/C16H19N3O3/c1-11(17)16(20)19-10-12-7-8-18-15(9-12)22-14-5-3-13(21-2)4-6-14/h3-9,11H,10,17H2,1-2H3,(H,19,20). The molecule has 0 radical (unpaired) electrons. The van der Waals surface area contributed by atoms with E-state index in [-0.39, 0.29) is 5.91 Å². The van der Waals surface area contributed by atoms with Gasteiger partial charge in [0.15, 0.2) is 0 Å². The Bertz CT molecular complexity index is 627. The van der Waals surface area contributed by atoms with Gasteiger partial charge >= 0.3 is 0 Å². The van der Waals surface area contributed by atoms with E-state index in [0.29, 0.717) is 18.2 Å². The number of rotatable bonds is 6. The number of nitrogens with one attached hydrogen (secondary N) is 1. The molecule has 2 rings (SSSR count). The van der Waals surface area contributed by atoms with Gasteiger partial charge in [-0.3, -0.25) is 4.79 Å². The van der Waals surface area contributed by atoms with Crippen molar-refractivity contribution in [2.24, 2.45) is 5.73 Å². The lowest BCUT2D eigenvalue weighted by Crippen LogP contribution is -2.37. The van der Waals surface area contributed by atoms with Crippen LogP contribution >= 0.6 is 0 Å². The largest absolute Gasteiger partial charge is 0.497 e. The van der Waals surface area contributed by atoms with Gasteiger partial charge in [-0.1, -0.05) is 0 Å². The predicted molar refractivity (Wildman–Crippen MR) is 82.8 cm³/mol. The Morgan fingerprint density at radius 2 is 1.95 bits per heavy atom. The average Bonchev–Trinajstić information content (AvgIpc) is 2.53. The Labute approximate surface area is 129 Å². The van der Waals surface area contributed by atoms with Crippen LogP contribution in [0.15, 0.2) is 42.6 Å². The molecule has 0 saturated carbocycles. The Hall–Kier alpha value is -2.60. The Balaban J connectivity index is 1.99. The average molecular weight is 301 g/mol. The molecule has 6 nitrogen and oxygen atoms in total. The molecule has 1 atom stereocenters. The van der Waals surface area contributed by atoms with Gasteiger partial charge in [0.05, 0.1) is 13.2 Å². The van der Waals surface area contributed by atoms with Crippen molar-refractivity contribution in [3.8, 4) is 17.4 Å². The van der Waals surface area contributed by atoms with Crippen LogP contribution in [-0.4, -0.2) is 24.0 Å². The molecule has 22 heavy (non-hydrogen) atoms. The third kappa shape index (κ3) is 4.46. The van der Waals surface area contributed by atoms with Gasteiger partial charge in [0, 0.05) is 18.8 Å². The zero-order valence-electron chi connectivity index (χ0n) is 12.6. The fraction of sp³-hybridized carbons (Fsp3) is 0.250. The maximum Gasteiger partial charge on any atom is 0.236 e. The molecule has 1 aromatic heterocycles. The van der Waals surface area contributed by atoms with Gasteiger partial charge in [0.25, 0.3) is 0 Å². The molecule has 2 aromatic rings. The molecule has 1 unspecified atom stereocenters. The van der Waals surface area contributed by atoms with E-state index in [0.717, 1.165) is 11.3 Å². The Morgan fingerprint density at radius 1 is 1.27 bits per heavy atom. The second-order valence-corrected chi connectivity index (χ2v) is 4.79. The van der Waals surface area contributed by atoms with Crippen LogP contribution in [0, 0.1) is 0 Å². The minimum Gasteiger partial charge on any atom is -0.497 e. The summed E-state index contributed by atoms with van der Waals surface area (Å²) in [6.45, 7) is 2.02. The third-order valence-electron chi connectivity index (χ3n) is 2.96. The third-order valence-corrected chi connectivity index (χ3v) is 2.96. The molecule has 0 aliphatic heterocycles. The molecule has 1 aromatic carbocycles. The number of nitrogens with zero attached hydrogens (tertiary/aromatic N) is 1. The molecule has 0 spiro atoms. The quantitative estimate of drug-likeness (QED) is 0.850. The van der Waals surface area contributed by atoms with Crippen molar-refractivity contribution in [2.75, 3.05) is 7.11 Å². The summed E-state index contributed by atoms with van der Waals surface area (Å²) in [5.41, 5.74) is 6.38. The van der Waals surface area contributed by atoms with E-state index >= 15 is 0 Å². The second-order valence-electron chi connectivity index (χ2n) is 4.79. The van der Waals surface area contributed by atoms with Crippen molar-refractivity contribution in [3.63, 3.8) is 0 Å². The van der Waals surface area contributed by atoms with E-state index in [9.17, 15) is 4.79 Å². The number of nitrogens with two attached hydrogens (primary N) is 1. The minimum absolute atomic E-state index is 0.200. The topological polar surface area (TPSA) is 86.5 Å². The molecule has 0 aliphatic carbocycles. The number of carbonyl (C=O) groups is 1. The number of ether oxygens (including phenoxy) is 2. The highest BCUT2D eigenvalue weighted by molar-refractivity contribution is 5.80. The van der Waals surface area contributed by atoms with Crippen LogP contribution in [0.25, 0.3) is 0 Å². The van der Waals surface area contributed by atoms with Crippen LogP contribution in [0.2, 0.25) is 0 Å². The predicted octanol–water partition coefficient (Wildman–Crippen LogP) is 1.85. The molecule has 0 aliphatic rings. The summed E-state index contributed by atoms with van der Waals surface area (Å²) in [6, 6.07) is 10.3. The second kappa shape index (κ2) is 7.42. The summed E-state index contributed by atoms with van der Waals surface area (Å²) in [7, 11) is 1.61. The number of pyridine rings is 1. The number of hydrogen-bond acceptors (Lipinski definition) is 5. The lowest BCUT2D eigenvalue weighted by Gasteiger charge is -2.09. The van der Waals surface area contributed by atoms with Gasteiger partial charge in [0.1, 0.15) is 11.5 Å². The maximum atomic E-state index is 11.5. The highest BCUT2D eigenvalue weighted by atomic mass is 16.5. The molecule has 3 N–H and O–H groups in total. The van der Waals surface area contributed by atoms with Crippen LogP contribution in [0.1, 0.15) is 12.5 Å². The number of amides is 1. The molecule has 0 saturated heterocycles. The fourth-order valence-electron chi connectivity index (χ4n) is 1.73. The van der Waals surface area contributed by atoms with Crippen molar-refractivity contribution in [3.05, 3.63) is 48.2 Å². The first-order valence-electron chi connectivity index (χ1n) is 6.88. The van der Waals surface area contributed by atoms with E-state index in [1.807, 2.05) is 18.2 Å². The van der Waals surface area contributed by atoms with Crippen molar-refractivity contribution < 1.29 is 14.3 Å². The minimum atomic E-state index is -0.531. The van der Waals surface area contributed by atoms with Gasteiger partial charge in [-0.05, 0) is 42.8 Å². The van der Waals surface area contributed by atoms with Crippen molar-refractivity contribution in [1.82, 2.24) is 10.3 Å². The lowest BCUT2D eigenvalue weighted by atomic mass is 10.2. The summed E-state index contributed by atoms with van der Waals surface area (Å²) >= 11 is 0. The van der Waals surface area contributed by atoms with Crippen LogP contribution in [0.3, 0.4) is 0 Å². The van der Waals surface area contributed by atoms with E-state index in [2.05, 4.69) is 10.3 Å². The fourth-order valence-corrected chi connectivity index (χ4v) is 1.73. The van der Waals surface area contributed by atoms with E-state index in [1.165, 1.54) is 0 Å². The summed E-state index contributed by atoms with van der Waals surface area (Å²) in [5.74, 6) is 1.67. The van der Waals surface area contributed by atoms with Crippen molar-refractivity contribution in [2.45, 2.75) is 19.5 Å². The molecule has 0 fully saturated rings. The first-order chi connectivity index (χ1) is 10.6. The first kappa shape index (κ1) is 15.8. The Kier molecular flexibility index (Phi) is 5.32. The van der Waals surface area contributed by atoms with E-state index < -0.39 is 6.04 Å². The maximum absolute atomic E-state index is 11.5. The van der Waals surface area contributed by atoms with Gasteiger partial charge in [-0.25, -0.2) is 4.98 Å². The summed E-state index contributed by atoms with van der Waals surface area (Å²) in [4.78, 5) is 15.6. The van der Waals surface area contributed by atoms with E-state index in [1.54, 1.807) is 38.4 Å². The summed E-state index contributed by atoms with van der Waals surface area (Å²) in [6.07, 6.45) is 1.63. The normalized spacial score (nSPS) is 11.6. The number of hydrogen-bond donors (Lipinski definition) is 2. The smallest absolute Gasteiger partial charge is 0.236 e. The number of aromatic nitrogens is 1. The molecule has 6 heteroatoms. The molecule has 1 heterocycles. The molecule has 116 valence electrons. The van der Waals surface area contributed by atoms with Crippen LogP contribution in [0.5, 0.6) is 17.4 Å². The monoisotopic (exact) mass is 301 g/mol. The zero-order valence-corrected chi connectivity index (χ0v) is 12.6. The number of methoxy groups -OCH3 is 1. The van der Waals surface area contributed by atoms with Crippen molar-refractivity contribution >= 4 is 5.91 Å². The highest BCUT2D eigenvalue weighted by Gasteiger charge is 2.07. The highest BCUT2D eigenvalue weighted by Crippen LogP contribution is 2.22. The number of benzene rings is 1. The van der Waals surface area contributed by atoms with Gasteiger partial charge in [-0.2, -0.15) is 0 Å². The summed E-state index contributed by atoms with van der Waals surface area (Å²) < 4.78 is 10.8. The van der Waals surface area contributed by atoms with Crippen LogP contribution in [-0.2, 0) is 11.3 Å². The zero-order chi connectivity index (χ0) is 15.9. The van der Waals surface area contributed by atoms with Crippen molar-refractivity contribution in [1.29, 1.82) is 0 Å². The van der Waals surface area contributed by atoms with Gasteiger partial charge < -0.3 is 20.5 Å². The SMILES string of the molecule is COc1ccc(Oc2cc(CNC(=O)C(C)N)ccn2)cc1. The van der Waals surface area contributed by atoms with Crippen LogP contribution in [0.4, 0.5) is 0 Å². The van der Waals surface area contributed by atoms with Crippen LogP contribution < -0.4 is 20.5 Å².